The summed E-state index contributed by atoms with van der Waals surface area (Å²) in [4.78, 5) is 9.32. The molecular weight excluding hydrogens is 210 g/mol. The van der Waals surface area contributed by atoms with Crippen molar-refractivity contribution in [3.05, 3.63) is 30.3 Å². The lowest BCUT2D eigenvalue weighted by atomic mass is 10.1. The van der Waals surface area contributed by atoms with Crippen LogP contribution in [-0.4, -0.2) is 36.5 Å². The molecule has 1 aliphatic heterocycles. The quantitative estimate of drug-likeness (QED) is 0.740. The first-order valence-corrected chi connectivity index (χ1v) is 6.11. The van der Waals surface area contributed by atoms with E-state index < -0.39 is 0 Å². The number of benzene rings is 1. The molecular formula is C14H21N3. The molecule has 0 aromatic heterocycles. The van der Waals surface area contributed by atoms with E-state index in [1.807, 2.05) is 6.07 Å². The van der Waals surface area contributed by atoms with Gasteiger partial charge in [-0.15, -0.1) is 0 Å². The van der Waals surface area contributed by atoms with Gasteiger partial charge >= 0.3 is 0 Å². The molecule has 92 valence electrons. The molecule has 3 heteroatoms. The predicted molar refractivity (Wildman–Crippen MR) is 73.6 cm³/mol. The van der Waals surface area contributed by atoms with Crippen LogP contribution in [0.4, 0.5) is 5.69 Å². The minimum absolute atomic E-state index is 0.0407. The highest BCUT2D eigenvalue weighted by Crippen LogP contribution is 2.21. The molecule has 0 radical (unpaired) electrons. The molecule has 1 aromatic carbocycles. The number of guanidine groups is 1. The molecule has 0 aliphatic carbocycles. The Morgan fingerprint density at radius 3 is 2.29 bits per heavy atom. The van der Waals surface area contributed by atoms with Crippen LogP contribution in [0, 0.1) is 0 Å². The molecule has 0 atom stereocenters. The van der Waals surface area contributed by atoms with Crippen LogP contribution in [0.1, 0.15) is 20.8 Å². The van der Waals surface area contributed by atoms with Gasteiger partial charge in [0.25, 0.3) is 0 Å². The predicted octanol–water partition coefficient (Wildman–Crippen LogP) is 2.59. The van der Waals surface area contributed by atoms with Gasteiger partial charge < -0.3 is 9.80 Å². The third-order valence-corrected chi connectivity index (χ3v) is 2.75. The normalized spacial score (nSPS) is 19.2. The Morgan fingerprint density at radius 1 is 1.06 bits per heavy atom. The van der Waals surface area contributed by atoms with Crippen molar-refractivity contribution < 1.29 is 0 Å². The van der Waals surface area contributed by atoms with Crippen LogP contribution >= 0.6 is 0 Å². The summed E-state index contributed by atoms with van der Waals surface area (Å²) in [6.07, 6.45) is 0. The van der Waals surface area contributed by atoms with Crippen molar-refractivity contribution in [2.75, 3.05) is 25.0 Å². The number of aliphatic imine (C=N–C) groups is 1. The van der Waals surface area contributed by atoms with Crippen LogP contribution in [0.2, 0.25) is 0 Å². The lowest BCUT2D eigenvalue weighted by Crippen LogP contribution is -2.34. The van der Waals surface area contributed by atoms with Crippen LogP contribution in [-0.2, 0) is 0 Å². The van der Waals surface area contributed by atoms with E-state index in [1.165, 1.54) is 5.69 Å². The van der Waals surface area contributed by atoms with Gasteiger partial charge in [-0.3, -0.25) is 0 Å². The van der Waals surface area contributed by atoms with Gasteiger partial charge in [0, 0.05) is 25.8 Å². The van der Waals surface area contributed by atoms with Crippen LogP contribution in [0.5, 0.6) is 0 Å². The topological polar surface area (TPSA) is 18.8 Å². The minimum Gasteiger partial charge on any atom is -0.344 e. The van der Waals surface area contributed by atoms with Crippen LogP contribution in [0.25, 0.3) is 0 Å². The highest BCUT2D eigenvalue weighted by atomic mass is 15.4. The number of anilines is 1. The fourth-order valence-electron chi connectivity index (χ4n) is 1.95. The van der Waals surface area contributed by atoms with Gasteiger partial charge in [-0.2, -0.15) is 0 Å². The first-order chi connectivity index (χ1) is 7.97. The van der Waals surface area contributed by atoms with E-state index in [2.05, 4.69) is 61.9 Å². The molecule has 1 heterocycles. The van der Waals surface area contributed by atoms with E-state index in [1.54, 1.807) is 0 Å². The Kier molecular flexibility index (Phi) is 3.09. The summed E-state index contributed by atoms with van der Waals surface area (Å²) < 4.78 is 0. The molecule has 0 spiro atoms. The lowest BCUT2D eigenvalue weighted by molar-refractivity contribution is 0.528. The smallest absolute Gasteiger partial charge is 0.201 e. The maximum absolute atomic E-state index is 4.82. The van der Waals surface area contributed by atoms with Crippen LogP contribution in [0.15, 0.2) is 35.3 Å². The Bertz CT molecular complexity index is 403. The monoisotopic (exact) mass is 231 g/mol. The summed E-state index contributed by atoms with van der Waals surface area (Å²) in [5.41, 5.74) is 1.18. The Hall–Kier alpha value is -1.51. The van der Waals surface area contributed by atoms with Crippen LogP contribution in [0.3, 0.4) is 0 Å². The number of likely N-dealkylation sites (N-methyl/N-ethyl adjacent to an activating group) is 1. The van der Waals surface area contributed by atoms with Gasteiger partial charge in [0.1, 0.15) is 0 Å². The van der Waals surface area contributed by atoms with E-state index in [4.69, 9.17) is 4.99 Å². The summed E-state index contributed by atoms with van der Waals surface area (Å²) in [7, 11) is 2.10. The molecule has 0 saturated carbocycles. The summed E-state index contributed by atoms with van der Waals surface area (Å²) >= 11 is 0. The molecule has 2 rings (SSSR count). The third kappa shape index (κ3) is 2.78. The highest BCUT2D eigenvalue weighted by Gasteiger charge is 2.26. The zero-order valence-corrected chi connectivity index (χ0v) is 11.1. The molecule has 0 amide bonds. The van der Waals surface area contributed by atoms with Crippen molar-refractivity contribution >= 4 is 11.6 Å². The van der Waals surface area contributed by atoms with Gasteiger partial charge in [0.15, 0.2) is 0 Å². The summed E-state index contributed by atoms with van der Waals surface area (Å²) in [6, 6.07) is 10.5. The summed E-state index contributed by atoms with van der Waals surface area (Å²) in [5.74, 6) is 1.07. The zero-order chi connectivity index (χ0) is 12.5. The second kappa shape index (κ2) is 4.40. The minimum atomic E-state index is -0.0407. The molecule has 0 unspecified atom stereocenters. The average Bonchev–Trinajstić information content (AvgIpc) is 2.60. The molecule has 1 aliphatic rings. The van der Waals surface area contributed by atoms with E-state index in [9.17, 15) is 0 Å². The second-order valence-electron chi connectivity index (χ2n) is 5.49. The summed E-state index contributed by atoms with van der Waals surface area (Å²) in [5, 5.41) is 0. The van der Waals surface area contributed by atoms with E-state index in [0.29, 0.717) is 0 Å². The van der Waals surface area contributed by atoms with Gasteiger partial charge in [0.05, 0.1) is 5.54 Å². The Morgan fingerprint density at radius 2 is 1.71 bits per heavy atom. The fraction of sp³-hybridized carbons (Fsp3) is 0.500. The molecule has 3 nitrogen and oxygen atoms in total. The van der Waals surface area contributed by atoms with Gasteiger partial charge in [-0.05, 0) is 32.9 Å². The Balaban J connectivity index is 2.32. The number of nitrogens with zero attached hydrogens (tertiary/aromatic N) is 3. The molecule has 1 saturated heterocycles. The number of hydrogen-bond acceptors (Lipinski definition) is 1. The standard InChI is InChI=1S/C14H21N3/c1-14(2,3)15-13-16(4)10-11-17(13)12-8-6-5-7-9-12/h5-9H,10-11H2,1-4H3. The van der Waals surface area contributed by atoms with Gasteiger partial charge in [-0.25, -0.2) is 4.99 Å². The van der Waals surface area contributed by atoms with E-state index in [-0.39, 0.29) is 5.54 Å². The van der Waals surface area contributed by atoms with Crippen molar-refractivity contribution in [3.8, 4) is 0 Å². The van der Waals surface area contributed by atoms with E-state index >= 15 is 0 Å². The highest BCUT2D eigenvalue weighted by molar-refractivity contribution is 5.98. The van der Waals surface area contributed by atoms with Gasteiger partial charge in [0.2, 0.25) is 5.96 Å². The maximum atomic E-state index is 4.82. The van der Waals surface area contributed by atoms with Crippen molar-refractivity contribution in [2.45, 2.75) is 26.3 Å². The molecule has 17 heavy (non-hydrogen) atoms. The SMILES string of the molecule is CN1CCN(c2ccccc2)C1=NC(C)(C)C. The number of para-hydroxylation sites is 1. The number of hydrogen-bond donors (Lipinski definition) is 0. The zero-order valence-electron chi connectivity index (χ0n) is 11.1. The molecule has 1 fully saturated rings. The van der Waals surface area contributed by atoms with Crippen molar-refractivity contribution in [1.82, 2.24) is 4.90 Å². The molecule has 1 aromatic rings. The number of rotatable bonds is 1. The maximum Gasteiger partial charge on any atom is 0.201 e. The van der Waals surface area contributed by atoms with Crippen molar-refractivity contribution in [3.63, 3.8) is 0 Å². The lowest BCUT2D eigenvalue weighted by Gasteiger charge is -2.24. The second-order valence-corrected chi connectivity index (χ2v) is 5.49. The molecule has 0 N–H and O–H groups in total. The largest absolute Gasteiger partial charge is 0.344 e. The Labute approximate surface area is 104 Å². The fourth-order valence-corrected chi connectivity index (χ4v) is 1.95. The third-order valence-electron chi connectivity index (χ3n) is 2.75. The van der Waals surface area contributed by atoms with Gasteiger partial charge in [-0.1, -0.05) is 18.2 Å². The average molecular weight is 231 g/mol. The summed E-state index contributed by atoms with van der Waals surface area (Å²) in [6.45, 7) is 8.44. The van der Waals surface area contributed by atoms with E-state index in [0.717, 1.165) is 19.0 Å². The van der Waals surface area contributed by atoms with Crippen molar-refractivity contribution in [1.29, 1.82) is 0 Å². The van der Waals surface area contributed by atoms with Crippen LogP contribution < -0.4 is 4.90 Å². The van der Waals surface area contributed by atoms with Crippen molar-refractivity contribution in [2.24, 2.45) is 4.99 Å². The first-order valence-electron chi connectivity index (χ1n) is 6.11. The molecule has 0 bridgehead atoms. The first kappa shape index (κ1) is 12.0.